The van der Waals surface area contributed by atoms with E-state index in [9.17, 15) is 9.18 Å². The molecule has 1 aliphatic rings. The van der Waals surface area contributed by atoms with E-state index in [1.165, 1.54) is 12.1 Å². The first-order chi connectivity index (χ1) is 13.0. The fourth-order valence-electron chi connectivity index (χ4n) is 3.31. The molecule has 154 valence electrons. The van der Waals surface area contributed by atoms with Gasteiger partial charge in [-0.25, -0.2) is 4.39 Å². The molecule has 1 aromatic carbocycles. The number of piperidine rings is 1. The van der Waals surface area contributed by atoms with Crippen molar-refractivity contribution in [2.75, 3.05) is 40.3 Å². The third-order valence-corrected chi connectivity index (χ3v) is 4.84. The molecule has 6 nitrogen and oxygen atoms in total. The number of amides is 1. The largest absolute Gasteiger partial charge is 0.332 e. The third kappa shape index (κ3) is 6.02. The van der Waals surface area contributed by atoms with Gasteiger partial charge in [0.05, 0.1) is 6.04 Å². The topological polar surface area (TPSA) is 53.4 Å². The Labute approximate surface area is 172 Å². The summed E-state index contributed by atoms with van der Waals surface area (Å²) < 4.78 is 15.4. The molecule has 2 aromatic rings. The minimum absolute atomic E-state index is 0. The van der Waals surface area contributed by atoms with Crippen molar-refractivity contribution in [2.45, 2.75) is 25.4 Å². The Morgan fingerprint density at radius 1 is 1.32 bits per heavy atom. The quantitative estimate of drug-likeness (QED) is 0.763. The van der Waals surface area contributed by atoms with Crippen LogP contribution in [-0.4, -0.2) is 65.8 Å². The van der Waals surface area contributed by atoms with Gasteiger partial charge in [0.25, 0.3) is 5.91 Å². The first kappa shape index (κ1) is 22.3. The molecule has 0 saturated carbocycles. The van der Waals surface area contributed by atoms with Gasteiger partial charge in [-0.3, -0.25) is 9.48 Å². The second-order valence-corrected chi connectivity index (χ2v) is 7.34. The average molecular weight is 410 g/mol. The van der Waals surface area contributed by atoms with Crippen LogP contribution in [0.15, 0.2) is 36.5 Å². The van der Waals surface area contributed by atoms with Gasteiger partial charge in [0.15, 0.2) is 0 Å². The molecular weight excluding hydrogens is 381 g/mol. The molecule has 3 rings (SSSR count). The number of hydrogen-bond acceptors (Lipinski definition) is 4. The molecule has 1 N–H and O–H groups in total. The minimum Gasteiger partial charge on any atom is -0.332 e. The maximum Gasteiger partial charge on any atom is 0.274 e. The van der Waals surface area contributed by atoms with Crippen molar-refractivity contribution in [1.29, 1.82) is 0 Å². The summed E-state index contributed by atoms with van der Waals surface area (Å²) in [6, 6.07) is 8.47. The van der Waals surface area contributed by atoms with Gasteiger partial charge in [-0.2, -0.15) is 5.10 Å². The number of halogens is 2. The molecule has 1 atom stereocenters. The minimum atomic E-state index is -0.290. The van der Waals surface area contributed by atoms with E-state index in [0.717, 1.165) is 38.0 Å². The Hall–Kier alpha value is -1.96. The van der Waals surface area contributed by atoms with E-state index < -0.39 is 0 Å². The molecule has 8 heteroatoms. The lowest BCUT2D eigenvalue weighted by molar-refractivity contribution is 0.0724. The second kappa shape index (κ2) is 10.5. The maximum atomic E-state index is 13.5. The molecule has 1 aromatic heterocycles. The number of carbonyl (C=O) groups excluding carboxylic acids is 1. The van der Waals surface area contributed by atoms with E-state index in [1.807, 2.05) is 35.9 Å². The van der Waals surface area contributed by atoms with Gasteiger partial charge in [-0.15, -0.1) is 12.4 Å². The summed E-state index contributed by atoms with van der Waals surface area (Å²) in [5.41, 5.74) is 1.22. The van der Waals surface area contributed by atoms with E-state index in [0.29, 0.717) is 24.8 Å². The standard InChI is InChI=1S/C20H28FN5O.ClH/c1-24(2)11-12-25(15-16-5-3-6-17(21)13-16)20(27)19-8-10-26(23-19)18-7-4-9-22-14-18;/h3,5-6,8,10,13,18,22H,4,7,9,11-12,14-15H2,1-2H3;1H. The van der Waals surface area contributed by atoms with Gasteiger partial charge in [0.1, 0.15) is 11.5 Å². The highest BCUT2D eigenvalue weighted by Gasteiger charge is 2.21. The highest BCUT2D eigenvalue weighted by molar-refractivity contribution is 5.92. The molecule has 0 spiro atoms. The fourth-order valence-corrected chi connectivity index (χ4v) is 3.31. The van der Waals surface area contributed by atoms with Crippen molar-refractivity contribution in [3.63, 3.8) is 0 Å². The van der Waals surface area contributed by atoms with Crippen LogP contribution in [0.2, 0.25) is 0 Å². The smallest absolute Gasteiger partial charge is 0.274 e. The number of hydrogen-bond donors (Lipinski definition) is 1. The van der Waals surface area contributed by atoms with Crippen molar-refractivity contribution in [2.24, 2.45) is 0 Å². The lowest BCUT2D eigenvalue weighted by atomic mass is 10.1. The number of aromatic nitrogens is 2. The van der Waals surface area contributed by atoms with Crippen LogP contribution >= 0.6 is 12.4 Å². The normalized spacial score (nSPS) is 16.6. The second-order valence-electron chi connectivity index (χ2n) is 7.34. The Balaban J connectivity index is 0.00000280. The zero-order valence-electron chi connectivity index (χ0n) is 16.5. The number of rotatable bonds is 7. The first-order valence-electron chi connectivity index (χ1n) is 9.47. The van der Waals surface area contributed by atoms with Gasteiger partial charge in [0, 0.05) is 32.4 Å². The summed E-state index contributed by atoms with van der Waals surface area (Å²) in [6.45, 7) is 3.56. The predicted octanol–water partition coefficient (Wildman–Crippen LogP) is 2.57. The summed E-state index contributed by atoms with van der Waals surface area (Å²) in [5.74, 6) is -0.412. The van der Waals surface area contributed by atoms with Crippen LogP contribution in [0, 0.1) is 5.82 Å². The van der Waals surface area contributed by atoms with E-state index in [-0.39, 0.29) is 24.1 Å². The van der Waals surface area contributed by atoms with Gasteiger partial charge >= 0.3 is 0 Å². The van der Waals surface area contributed by atoms with Crippen LogP contribution in [0.3, 0.4) is 0 Å². The summed E-state index contributed by atoms with van der Waals surface area (Å²) in [4.78, 5) is 16.8. The first-order valence-corrected chi connectivity index (χ1v) is 9.47. The summed E-state index contributed by atoms with van der Waals surface area (Å²) in [6.07, 6.45) is 4.06. The third-order valence-electron chi connectivity index (χ3n) is 4.84. The Morgan fingerprint density at radius 3 is 2.82 bits per heavy atom. The van der Waals surface area contributed by atoms with Crippen molar-refractivity contribution >= 4 is 18.3 Å². The molecule has 0 radical (unpaired) electrons. The molecule has 1 amide bonds. The predicted molar refractivity (Wildman–Crippen MR) is 110 cm³/mol. The number of benzene rings is 1. The Morgan fingerprint density at radius 2 is 2.14 bits per heavy atom. The van der Waals surface area contributed by atoms with Crippen LogP contribution in [0.25, 0.3) is 0 Å². The molecule has 1 fully saturated rings. The molecule has 28 heavy (non-hydrogen) atoms. The zero-order chi connectivity index (χ0) is 19.2. The number of carbonyl (C=O) groups is 1. The van der Waals surface area contributed by atoms with E-state index >= 15 is 0 Å². The Kier molecular flexibility index (Phi) is 8.41. The highest BCUT2D eigenvalue weighted by atomic mass is 35.5. The van der Waals surface area contributed by atoms with Gasteiger partial charge in [-0.1, -0.05) is 12.1 Å². The lowest BCUT2D eigenvalue weighted by Crippen LogP contribution is -2.37. The van der Waals surface area contributed by atoms with Gasteiger partial charge in [-0.05, 0) is 57.2 Å². The zero-order valence-corrected chi connectivity index (χ0v) is 17.3. The summed E-state index contributed by atoms with van der Waals surface area (Å²) >= 11 is 0. The number of nitrogens with one attached hydrogen (secondary N) is 1. The van der Waals surface area contributed by atoms with Gasteiger partial charge < -0.3 is 15.1 Å². The van der Waals surface area contributed by atoms with Crippen LogP contribution in [0.5, 0.6) is 0 Å². The number of likely N-dealkylation sites (N-methyl/N-ethyl adjacent to an activating group) is 1. The molecule has 0 bridgehead atoms. The number of nitrogens with zero attached hydrogens (tertiary/aromatic N) is 4. The summed E-state index contributed by atoms with van der Waals surface area (Å²) in [7, 11) is 3.94. The summed E-state index contributed by atoms with van der Waals surface area (Å²) in [5, 5.41) is 7.91. The van der Waals surface area contributed by atoms with Gasteiger partial charge in [0.2, 0.25) is 0 Å². The van der Waals surface area contributed by atoms with Crippen LogP contribution < -0.4 is 5.32 Å². The molecule has 1 saturated heterocycles. The van der Waals surface area contributed by atoms with Crippen LogP contribution in [0.1, 0.15) is 34.9 Å². The van der Waals surface area contributed by atoms with E-state index in [4.69, 9.17) is 0 Å². The van der Waals surface area contributed by atoms with Crippen molar-refractivity contribution < 1.29 is 9.18 Å². The molecule has 2 heterocycles. The van der Waals surface area contributed by atoms with E-state index in [2.05, 4.69) is 10.4 Å². The van der Waals surface area contributed by atoms with Crippen LogP contribution in [0.4, 0.5) is 4.39 Å². The molecule has 0 aliphatic carbocycles. The molecular formula is C20H29ClFN5O. The monoisotopic (exact) mass is 409 g/mol. The van der Waals surface area contributed by atoms with Crippen molar-refractivity contribution in [1.82, 2.24) is 24.9 Å². The highest BCUT2D eigenvalue weighted by Crippen LogP contribution is 2.17. The lowest BCUT2D eigenvalue weighted by Gasteiger charge is -2.24. The molecule has 1 aliphatic heterocycles. The SMILES string of the molecule is CN(C)CCN(Cc1cccc(F)c1)C(=O)c1ccn(C2CCCNC2)n1.Cl. The van der Waals surface area contributed by atoms with Crippen molar-refractivity contribution in [3.8, 4) is 0 Å². The van der Waals surface area contributed by atoms with Crippen LogP contribution in [-0.2, 0) is 6.54 Å². The van der Waals surface area contributed by atoms with E-state index in [1.54, 1.807) is 17.0 Å². The fraction of sp³-hybridized carbons (Fsp3) is 0.500. The molecule has 1 unspecified atom stereocenters. The van der Waals surface area contributed by atoms with Crippen molar-refractivity contribution in [3.05, 3.63) is 53.6 Å². The average Bonchev–Trinajstić information content (AvgIpc) is 3.15. The maximum absolute atomic E-state index is 13.5. The Bertz CT molecular complexity index is 761.